The fraction of sp³-hybridized carbons (Fsp3) is 0.545. The lowest BCUT2D eigenvalue weighted by atomic mass is 10.1. The number of hydrogen-bond acceptors (Lipinski definition) is 6. The van der Waals surface area contributed by atoms with E-state index in [9.17, 15) is 14.4 Å². The van der Waals surface area contributed by atoms with Crippen LogP contribution in [0.5, 0.6) is 0 Å². The maximum absolute atomic E-state index is 12.9. The highest BCUT2D eigenvalue weighted by molar-refractivity contribution is 5.71. The van der Waals surface area contributed by atoms with Gasteiger partial charge in [-0.2, -0.15) is 0 Å². The van der Waals surface area contributed by atoms with Crippen molar-refractivity contribution in [1.82, 2.24) is 0 Å². The molecule has 0 aromatic carbocycles. The summed E-state index contributed by atoms with van der Waals surface area (Å²) in [6, 6.07) is 0. The zero-order chi connectivity index (χ0) is 59.9. The van der Waals surface area contributed by atoms with Crippen molar-refractivity contribution in [3.63, 3.8) is 0 Å². The second kappa shape index (κ2) is 68.7. The van der Waals surface area contributed by atoms with Gasteiger partial charge in [0, 0.05) is 19.3 Å². The highest BCUT2D eigenvalue weighted by Crippen LogP contribution is 2.14. The third kappa shape index (κ3) is 66.9. The van der Waals surface area contributed by atoms with Crippen molar-refractivity contribution in [3.8, 4) is 0 Å². The van der Waals surface area contributed by atoms with Crippen molar-refractivity contribution in [1.29, 1.82) is 0 Å². The van der Waals surface area contributed by atoms with Gasteiger partial charge in [0.25, 0.3) is 0 Å². The Hall–Kier alpha value is -5.75. The van der Waals surface area contributed by atoms with E-state index >= 15 is 0 Å². The van der Waals surface area contributed by atoms with E-state index in [1.807, 2.05) is 0 Å². The summed E-state index contributed by atoms with van der Waals surface area (Å²) in [7, 11) is 0. The normalized spacial score (nSPS) is 13.4. The van der Waals surface area contributed by atoms with E-state index in [2.05, 4.69) is 215 Å². The molecule has 0 amide bonds. The van der Waals surface area contributed by atoms with Gasteiger partial charge in [0.1, 0.15) is 13.2 Å². The van der Waals surface area contributed by atoms with Crippen molar-refractivity contribution >= 4 is 17.9 Å². The van der Waals surface area contributed by atoms with Gasteiger partial charge in [-0.3, -0.25) is 14.4 Å². The number of carbonyl (C=O) groups is 3. The molecular weight excluding hydrogens is 1020 g/mol. The number of unbranched alkanes of at least 4 members (excludes halogenated alkanes) is 14. The van der Waals surface area contributed by atoms with Gasteiger partial charge < -0.3 is 14.2 Å². The lowest BCUT2D eigenvalue weighted by molar-refractivity contribution is -0.167. The van der Waals surface area contributed by atoms with Crippen molar-refractivity contribution in [2.45, 2.75) is 258 Å². The summed E-state index contributed by atoms with van der Waals surface area (Å²) in [5.41, 5.74) is 0. The molecule has 6 nitrogen and oxygen atoms in total. The predicted molar refractivity (Wildman–Crippen MR) is 361 cm³/mol. The van der Waals surface area contributed by atoms with E-state index in [1.165, 1.54) is 32.1 Å². The molecule has 0 aliphatic heterocycles. The lowest BCUT2D eigenvalue weighted by Crippen LogP contribution is -2.30. The van der Waals surface area contributed by atoms with Crippen molar-refractivity contribution in [3.05, 3.63) is 194 Å². The fourth-order valence-corrected chi connectivity index (χ4v) is 8.27. The first-order chi connectivity index (χ1) is 41.0. The molecule has 0 N–H and O–H groups in total. The lowest BCUT2D eigenvalue weighted by Gasteiger charge is -2.18. The van der Waals surface area contributed by atoms with Gasteiger partial charge in [-0.15, -0.1) is 0 Å². The first kappa shape index (κ1) is 77.2. The summed E-state index contributed by atoms with van der Waals surface area (Å²) in [5.74, 6) is -1.01. The quantitative estimate of drug-likeness (QED) is 0.0261. The molecule has 0 bridgehead atoms. The second-order valence-electron chi connectivity index (χ2n) is 20.9. The molecule has 1 atom stereocenters. The number of ether oxygens (including phenoxy) is 3. The minimum absolute atomic E-state index is 0.118. The number of hydrogen-bond donors (Lipinski definition) is 0. The summed E-state index contributed by atoms with van der Waals surface area (Å²) in [6.45, 7) is 6.22. The van der Waals surface area contributed by atoms with Crippen molar-refractivity contribution in [2.24, 2.45) is 0 Å². The zero-order valence-electron chi connectivity index (χ0n) is 52.9. The minimum Gasteiger partial charge on any atom is -0.462 e. The van der Waals surface area contributed by atoms with Crippen LogP contribution in [-0.2, 0) is 28.6 Å². The third-order valence-corrected chi connectivity index (χ3v) is 13.1. The Bertz CT molecular complexity index is 1990. The van der Waals surface area contributed by atoms with Gasteiger partial charge in [-0.1, -0.05) is 273 Å². The van der Waals surface area contributed by atoms with Gasteiger partial charge in [0.15, 0.2) is 6.10 Å². The van der Waals surface area contributed by atoms with Crippen LogP contribution in [-0.4, -0.2) is 37.2 Å². The molecule has 0 rings (SSSR count). The molecule has 0 aliphatic rings. The van der Waals surface area contributed by atoms with Gasteiger partial charge in [0.2, 0.25) is 0 Å². The number of esters is 3. The summed E-state index contributed by atoms with van der Waals surface area (Å²) >= 11 is 0. The molecular formula is C77H118O6. The van der Waals surface area contributed by atoms with E-state index < -0.39 is 6.10 Å². The Balaban J connectivity index is 4.52. The van der Waals surface area contributed by atoms with Gasteiger partial charge in [0.05, 0.1) is 0 Å². The van der Waals surface area contributed by atoms with Crippen LogP contribution in [0.3, 0.4) is 0 Å². The Labute approximate surface area is 509 Å². The van der Waals surface area contributed by atoms with Crippen LogP contribution in [0.1, 0.15) is 252 Å². The van der Waals surface area contributed by atoms with Crippen LogP contribution in [0.15, 0.2) is 194 Å². The molecule has 1 unspecified atom stereocenters. The predicted octanol–water partition coefficient (Wildman–Crippen LogP) is 23.0. The highest BCUT2D eigenvalue weighted by atomic mass is 16.6. The summed E-state index contributed by atoms with van der Waals surface area (Å²) < 4.78 is 16.9. The SMILES string of the molecule is CC/C=C\C/C=C\C/C=C\C/C=C\C/C=C\C/C=C\C/C=C\C/C=C\C/C=C\CCCC(=O)OCC(COC(=O)CCCCCCC/C=C\C/C=C\C/C=C\CC)OC(=O)CCCCCCCCCC/C=C\C/C=C\C/C=C\C/C=C\CC. The smallest absolute Gasteiger partial charge is 0.306 e. The Morgan fingerprint density at radius 3 is 0.723 bits per heavy atom. The average molecular weight is 1140 g/mol. The van der Waals surface area contributed by atoms with Crippen molar-refractivity contribution < 1.29 is 28.6 Å². The molecule has 0 aromatic rings. The molecule has 0 radical (unpaired) electrons. The fourth-order valence-electron chi connectivity index (χ4n) is 8.27. The van der Waals surface area contributed by atoms with Crippen LogP contribution in [0.25, 0.3) is 0 Å². The highest BCUT2D eigenvalue weighted by Gasteiger charge is 2.19. The Morgan fingerprint density at radius 2 is 0.446 bits per heavy atom. The second-order valence-corrected chi connectivity index (χ2v) is 20.9. The molecule has 0 fully saturated rings. The zero-order valence-corrected chi connectivity index (χ0v) is 52.9. The molecule has 0 aliphatic carbocycles. The van der Waals surface area contributed by atoms with Crippen LogP contribution in [0.2, 0.25) is 0 Å². The number of carbonyl (C=O) groups excluding carboxylic acids is 3. The van der Waals surface area contributed by atoms with Crippen LogP contribution < -0.4 is 0 Å². The molecule has 0 spiro atoms. The van der Waals surface area contributed by atoms with E-state index in [0.29, 0.717) is 19.3 Å². The first-order valence-electron chi connectivity index (χ1n) is 32.9. The van der Waals surface area contributed by atoms with Crippen molar-refractivity contribution in [2.75, 3.05) is 13.2 Å². The third-order valence-electron chi connectivity index (χ3n) is 13.1. The summed E-state index contributed by atoms with van der Waals surface area (Å²) in [5, 5.41) is 0. The van der Waals surface area contributed by atoms with E-state index in [4.69, 9.17) is 14.2 Å². The minimum atomic E-state index is -0.827. The Morgan fingerprint density at radius 1 is 0.241 bits per heavy atom. The first-order valence-corrected chi connectivity index (χ1v) is 32.9. The van der Waals surface area contributed by atoms with Gasteiger partial charge in [-0.25, -0.2) is 0 Å². The maximum atomic E-state index is 12.9. The molecule has 0 aromatic heterocycles. The molecule has 0 saturated heterocycles. The standard InChI is InChI=1S/C77H118O6/c1-4-7-10-13-16-19-22-25-28-30-32-34-35-36-37-38-39-40-41-43-44-46-49-52-55-58-61-64-67-70-76(79)82-73-74(72-81-75(78)69-66-63-60-57-54-51-48-27-24-21-18-15-12-9-6-3)83-77(80)71-68-65-62-59-56-53-50-47-45-42-33-31-29-26-23-20-17-14-11-8-5-2/h7-12,16-21,25-29,32-34,36-37,39-40,42-44,48-49,52,58,61,74H,4-6,13-15,22-24,30-31,35,38,41,45-47,50-51,53-57,59-60,62-73H2,1-3H3/b10-7-,11-8-,12-9-,19-16-,20-17-,21-18-,28-25-,29-26-,34-32-,37-36-,40-39-,42-33-,44-43-,48-27-,52-49-,61-58-. The van der Waals surface area contributed by atoms with Crippen LogP contribution in [0.4, 0.5) is 0 Å². The molecule has 0 heterocycles. The number of allylic oxidation sites excluding steroid dienone is 32. The molecule has 462 valence electrons. The summed E-state index contributed by atoms with van der Waals surface area (Å²) in [6.07, 6.45) is 104. The van der Waals surface area contributed by atoms with Crippen LogP contribution in [0, 0.1) is 0 Å². The van der Waals surface area contributed by atoms with E-state index in [-0.39, 0.29) is 37.5 Å². The number of rotatable bonds is 57. The monoisotopic (exact) mass is 1140 g/mol. The van der Waals surface area contributed by atoms with Gasteiger partial charge in [-0.05, 0) is 154 Å². The van der Waals surface area contributed by atoms with E-state index in [1.54, 1.807) is 0 Å². The van der Waals surface area contributed by atoms with E-state index in [0.717, 1.165) is 173 Å². The van der Waals surface area contributed by atoms with Gasteiger partial charge >= 0.3 is 17.9 Å². The maximum Gasteiger partial charge on any atom is 0.306 e. The summed E-state index contributed by atoms with van der Waals surface area (Å²) in [4.78, 5) is 38.4. The van der Waals surface area contributed by atoms with Crippen LogP contribution >= 0.6 is 0 Å². The molecule has 0 saturated carbocycles. The average Bonchev–Trinajstić information content (AvgIpc) is 3.49. The topological polar surface area (TPSA) is 78.9 Å². The molecule has 83 heavy (non-hydrogen) atoms. The molecule has 6 heteroatoms. The largest absolute Gasteiger partial charge is 0.462 e. The Kier molecular flexibility index (Phi) is 64.0.